The van der Waals surface area contributed by atoms with E-state index < -0.39 is 5.82 Å². The van der Waals surface area contributed by atoms with Gasteiger partial charge in [0.05, 0.1) is 5.02 Å². The summed E-state index contributed by atoms with van der Waals surface area (Å²) >= 11 is 5.97. The Kier molecular flexibility index (Phi) is 2.76. The van der Waals surface area contributed by atoms with Crippen molar-refractivity contribution in [2.45, 2.75) is 19.8 Å². The van der Waals surface area contributed by atoms with Crippen molar-refractivity contribution in [2.24, 2.45) is 0 Å². The van der Waals surface area contributed by atoms with E-state index in [4.69, 9.17) is 11.6 Å². The van der Waals surface area contributed by atoms with Crippen LogP contribution in [-0.4, -0.2) is 5.11 Å². The molecular formula is C13H12ClFO. The first-order valence-electron chi connectivity index (χ1n) is 5.11. The van der Waals surface area contributed by atoms with Gasteiger partial charge < -0.3 is 5.11 Å². The molecule has 16 heavy (non-hydrogen) atoms. The molecule has 3 heteroatoms. The van der Waals surface area contributed by atoms with Crippen LogP contribution in [0.3, 0.4) is 0 Å². The Morgan fingerprint density at radius 2 is 1.94 bits per heavy atom. The van der Waals surface area contributed by atoms with Crippen LogP contribution in [0.25, 0.3) is 10.8 Å². The van der Waals surface area contributed by atoms with E-state index in [-0.39, 0.29) is 16.7 Å². The molecule has 1 N–H and O–H groups in total. The molecule has 1 nitrogen and oxygen atoms in total. The van der Waals surface area contributed by atoms with Crippen LogP contribution in [0.1, 0.15) is 25.3 Å². The number of phenolic OH excluding ortho intramolecular Hbond substituents is 1. The molecule has 84 valence electrons. The van der Waals surface area contributed by atoms with Crippen LogP contribution in [0.2, 0.25) is 5.02 Å². The number of hydrogen-bond acceptors (Lipinski definition) is 1. The maximum atomic E-state index is 13.4. The molecule has 0 aromatic heterocycles. The highest BCUT2D eigenvalue weighted by Crippen LogP contribution is 2.35. The highest BCUT2D eigenvalue weighted by atomic mass is 35.5. The lowest BCUT2D eigenvalue weighted by atomic mass is 9.95. The molecule has 0 saturated heterocycles. The molecule has 0 heterocycles. The summed E-state index contributed by atoms with van der Waals surface area (Å²) in [6.07, 6.45) is 0. The van der Waals surface area contributed by atoms with Gasteiger partial charge in [0.25, 0.3) is 0 Å². The molecule has 0 fully saturated rings. The largest absolute Gasteiger partial charge is 0.508 e. The summed E-state index contributed by atoms with van der Waals surface area (Å²) in [6, 6.07) is 6.17. The summed E-state index contributed by atoms with van der Waals surface area (Å²) in [5.41, 5.74) is 0.861. The fraction of sp³-hybridized carbons (Fsp3) is 0.231. The van der Waals surface area contributed by atoms with Crippen molar-refractivity contribution in [1.82, 2.24) is 0 Å². The van der Waals surface area contributed by atoms with Gasteiger partial charge in [-0.1, -0.05) is 31.5 Å². The Balaban J connectivity index is 2.92. The number of aromatic hydroxyl groups is 1. The summed E-state index contributed by atoms with van der Waals surface area (Å²) in [7, 11) is 0. The van der Waals surface area contributed by atoms with Gasteiger partial charge in [-0.05, 0) is 35.1 Å². The van der Waals surface area contributed by atoms with Gasteiger partial charge in [0, 0.05) is 5.39 Å². The van der Waals surface area contributed by atoms with Crippen LogP contribution < -0.4 is 0 Å². The topological polar surface area (TPSA) is 20.2 Å². The van der Waals surface area contributed by atoms with Crippen molar-refractivity contribution < 1.29 is 9.50 Å². The van der Waals surface area contributed by atoms with E-state index in [0.29, 0.717) is 5.39 Å². The van der Waals surface area contributed by atoms with Gasteiger partial charge in [0.2, 0.25) is 0 Å². The summed E-state index contributed by atoms with van der Waals surface area (Å²) in [5, 5.41) is 11.2. The highest BCUT2D eigenvalue weighted by molar-refractivity contribution is 6.36. The zero-order chi connectivity index (χ0) is 11.9. The third-order valence-corrected chi connectivity index (χ3v) is 3.01. The predicted molar refractivity (Wildman–Crippen MR) is 64.7 cm³/mol. The van der Waals surface area contributed by atoms with Gasteiger partial charge in [0.15, 0.2) is 0 Å². The maximum Gasteiger partial charge on any atom is 0.142 e. The van der Waals surface area contributed by atoms with Crippen LogP contribution in [-0.2, 0) is 0 Å². The van der Waals surface area contributed by atoms with Crippen molar-refractivity contribution in [3.05, 3.63) is 40.7 Å². The average molecular weight is 239 g/mol. The van der Waals surface area contributed by atoms with Gasteiger partial charge in [-0.3, -0.25) is 0 Å². The maximum absolute atomic E-state index is 13.4. The summed E-state index contributed by atoms with van der Waals surface area (Å²) in [4.78, 5) is 0. The minimum absolute atomic E-state index is 0.126. The first-order valence-corrected chi connectivity index (χ1v) is 5.49. The molecule has 0 spiro atoms. The van der Waals surface area contributed by atoms with E-state index in [1.54, 1.807) is 18.2 Å². The smallest absolute Gasteiger partial charge is 0.142 e. The lowest BCUT2D eigenvalue weighted by Crippen LogP contribution is -1.92. The molecule has 2 aromatic rings. The fourth-order valence-electron chi connectivity index (χ4n) is 1.87. The van der Waals surface area contributed by atoms with E-state index in [2.05, 4.69) is 0 Å². The minimum Gasteiger partial charge on any atom is -0.508 e. The minimum atomic E-state index is -0.429. The van der Waals surface area contributed by atoms with Crippen molar-refractivity contribution in [1.29, 1.82) is 0 Å². The van der Waals surface area contributed by atoms with Crippen LogP contribution in [0.15, 0.2) is 24.3 Å². The molecule has 0 aliphatic rings. The molecule has 0 radical (unpaired) electrons. The molecule has 0 saturated carbocycles. The lowest BCUT2D eigenvalue weighted by molar-refractivity contribution is 0.475. The number of rotatable bonds is 1. The van der Waals surface area contributed by atoms with Gasteiger partial charge in [-0.15, -0.1) is 0 Å². The van der Waals surface area contributed by atoms with Gasteiger partial charge in [0.1, 0.15) is 11.6 Å². The van der Waals surface area contributed by atoms with E-state index in [1.807, 2.05) is 13.8 Å². The van der Waals surface area contributed by atoms with Crippen LogP contribution in [0, 0.1) is 5.82 Å². The van der Waals surface area contributed by atoms with Crippen molar-refractivity contribution in [2.75, 3.05) is 0 Å². The van der Waals surface area contributed by atoms with Crippen molar-refractivity contribution in [3.63, 3.8) is 0 Å². The first-order chi connectivity index (χ1) is 7.50. The summed E-state index contributed by atoms with van der Waals surface area (Å²) in [5.74, 6) is -0.0745. The Morgan fingerprint density at radius 1 is 1.25 bits per heavy atom. The molecule has 2 rings (SSSR count). The SMILES string of the molecule is CC(C)c1cc(O)cc2ccc(F)c(Cl)c12. The molecule has 0 aliphatic heterocycles. The Bertz CT molecular complexity index is 549. The zero-order valence-corrected chi connectivity index (χ0v) is 9.85. The van der Waals surface area contributed by atoms with Gasteiger partial charge >= 0.3 is 0 Å². The number of halogens is 2. The second-order valence-corrected chi connectivity index (χ2v) is 4.53. The number of fused-ring (bicyclic) bond motifs is 1. The second-order valence-electron chi connectivity index (χ2n) is 4.15. The van der Waals surface area contributed by atoms with E-state index in [9.17, 15) is 9.50 Å². The molecule has 0 bridgehead atoms. The Morgan fingerprint density at radius 3 is 2.56 bits per heavy atom. The number of phenols is 1. The summed E-state index contributed by atoms with van der Waals surface area (Å²) in [6.45, 7) is 3.96. The molecule has 2 aromatic carbocycles. The van der Waals surface area contributed by atoms with Crippen molar-refractivity contribution >= 4 is 22.4 Å². The second kappa shape index (κ2) is 3.95. The quantitative estimate of drug-likeness (QED) is 0.778. The van der Waals surface area contributed by atoms with Crippen molar-refractivity contribution in [3.8, 4) is 5.75 Å². The third-order valence-electron chi connectivity index (χ3n) is 2.64. The fourth-order valence-corrected chi connectivity index (χ4v) is 2.15. The van der Waals surface area contributed by atoms with E-state index >= 15 is 0 Å². The lowest BCUT2D eigenvalue weighted by Gasteiger charge is -2.12. The first kappa shape index (κ1) is 11.2. The summed E-state index contributed by atoms with van der Waals surface area (Å²) < 4.78 is 13.4. The van der Waals surface area contributed by atoms with E-state index in [0.717, 1.165) is 10.9 Å². The normalized spacial score (nSPS) is 11.3. The van der Waals surface area contributed by atoms with Crippen LogP contribution >= 0.6 is 11.6 Å². The van der Waals surface area contributed by atoms with Gasteiger partial charge in [-0.25, -0.2) is 4.39 Å². The van der Waals surface area contributed by atoms with Gasteiger partial charge in [-0.2, -0.15) is 0 Å². The van der Waals surface area contributed by atoms with Crippen LogP contribution in [0.5, 0.6) is 5.75 Å². The molecule has 0 aliphatic carbocycles. The molecule has 0 atom stereocenters. The molecular weight excluding hydrogens is 227 g/mol. The standard InChI is InChI=1S/C13H12ClFO/c1-7(2)10-6-9(16)5-8-3-4-11(15)13(14)12(8)10/h3-7,16H,1-2H3. The molecule has 0 unspecified atom stereocenters. The third kappa shape index (κ3) is 1.74. The predicted octanol–water partition coefficient (Wildman–Crippen LogP) is 4.46. The number of benzene rings is 2. The highest BCUT2D eigenvalue weighted by Gasteiger charge is 2.13. The number of hydrogen-bond donors (Lipinski definition) is 1. The molecule has 0 amide bonds. The zero-order valence-electron chi connectivity index (χ0n) is 9.09. The Labute approximate surface area is 98.5 Å². The monoisotopic (exact) mass is 238 g/mol. The van der Waals surface area contributed by atoms with Crippen LogP contribution in [0.4, 0.5) is 4.39 Å². The van der Waals surface area contributed by atoms with E-state index in [1.165, 1.54) is 6.07 Å². The Hall–Kier alpha value is -1.28. The average Bonchev–Trinajstić information content (AvgIpc) is 2.22.